The Hall–Kier alpha value is -2.25. The lowest BCUT2D eigenvalue weighted by Crippen LogP contribution is -2.43. The number of rotatable bonds is 4. The summed E-state index contributed by atoms with van der Waals surface area (Å²) in [5.41, 5.74) is 0.584. The quantitative estimate of drug-likeness (QED) is 0.853. The maximum absolute atomic E-state index is 13.4. The zero-order valence-corrected chi connectivity index (χ0v) is 15.9. The van der Waals surface area contributed by atoms with Gasteiger partial charge >= 0.3 is 0 Å². The van der Waals surface area contributed by atoms with Gasteiger partial charge in [-0.05, 0) is 38.2 Å². The average molecular weight is 393 g/mol. The fourth-order valence-corrected chi connectivity index (χ4v) is 4.92. The normalized spacial score (nSPS) is 29.0. The predicted octanol–water partition coefficient (Wildman–Crippen LogP) is 3.23. The number of amides is 2. The van der Waals surface area contributed by atoms with Crippen LogP contribution in [0.25, 0.3) is 0 Å². The van der Waals surface area contributed by atoms with Gasteiger partial charge in [0.05, 0.1) is 24.9 Å². The van der Waals surface area contributed by atoms with E-state index in [0.29, 0.717) is 18.0 Å². The summed E-state index contributed by atoms with van der Waals surface area (Å²) < 4.78 is 31.8. The van der Waals surface area contributed by atoms with E-state index in [1.54, 1.807) is 12.1 Å². The third kappa shape index (κ3) is 3.56. The molecule has 0 spiro atoms. The van der Waals surface area contributed by atoms with Crippen molar-refractivity contribution in [2.75, 3.05) is 12.4 Å². The summed E-state index contributed by atoms with van der Waals surface area (Å²) >= 11 is 0. The third-order valence-corrected chi connectivity index (χ3v) is 6.41. The van der Waals surface area contributed by atoms with Gasteiger partial charge in [-0.1, -0.05) is 0 Å². The van der Waals surface area contributed by atoms with Gasteiger partial charge in [0, 0.05) is 36.9 Å². The van der Waals surface area contributed by atoms with Crippen LogP contribution in [-0.4, -0.2) is 46.8 Å². The molecule has 4 rings (SSSR count). The standard InChI is InChI=1S/C20H25F2N3O3/c1-28-17-5-2-13(11-23-17)24-18(26)15-10-14-3-4-16(15)25(14)19(27)12-6-8-20(21,22)9-7-12/h2,5,11-12,14-16H,3-4,6-10H2,1H3,(H,24,26). The van der Waals surface area contributed by atoms with Gasteiger partial charge in [-0.15, -0.1) is 0 Å². The molecule has 1 saturated carbocycles. The molecule has 3 fully saturated rings. The van der Waals surface area contributed by atoms with Crippen LogP contribution in [0.4, 0.5) is 14.5 Å². The number of hydrogen-bond acceptors (Lipinski definition) is 4. The van der Waals surface area contributed by atoms with Crippen molar-refractivity contribution in [2.45, 2.75) is 63.0 Å². The van der Waals surface area contributed by atoms with Crippen molar-refractivity contribution in [3.63, 3.8) is 0 Å². The van der Waals surface area contributed by atoms with Crippen molar-refractivity contribution in [1.82, 2.24) is 9.88 Å². The van der Waals surface area contributed by atoms with E-state index in [1.807, 2.05) is 4.90 Å². The first-order valence-electron chi connectivity index (χ1n) is 9.89. The lowest BCUT2D eigenvalue weighted by molar-refractivity contribution is -0.141. The molecule has 1 aromatic heterocycles. The first-order valence-corrected chi connectivity index (χ1v) is 9.89. The van der Waals surface area contributed by atoms with Crippen molar-refractivity contribution in [1.29, 1.82) is 0 Å². The van der Waals surface area contributed by atoms with E-state index in [4.69, 9.17) is 4.74 Å². The Bertz CT molecular complexity index is 746. The van der Waals surface area contributed by atoms with Crippen LogP contribution in [0.5, 0.6) is 5.88 Å². The van der Waals surface area contributed by atoms with E-state index in [9.17, 15) is 18.4 Å². The summed E-state index contributed by atoms with van der Waals surface area (Å²) in [4.78, 5) is 31.7. The predicted molar refractivity (Wildman–Crippen MR) is 98.1 cm³/mol. The van der Waals surface area contributed by atoms with Crippen LogP contribution in [-0.2, 0) is 9.59 Å². The Balaban J connectivity index is 1.40. The second kappa shape index (κ2) is 7.29. The Morgan fingerprint density at radius 2 is 1.96 bits per heavy atom. The zero-order chi connectivity index (χ0) is 19.9. The molecule has 0 aromatic carbocycles. The van der Waals surface area contributed by atoms with Crippen LogP contribution >= 0.6 is 0 Å². The molecular weight excluding hydrogens is 368 g/mol. The van der Waals surface area contributed by atoms with Crippen molar-refractivity contribution in [3.05, 3.63) is 18.3 Å². The summed E-state index contributed by atoms with van der Waals surface area (Å²) in [7, 11) is 1.52. The molecule has 3 heterocycles. The number of halogens is 2. The van der Waals surface area contributed by atoms with Crippen molar-refractivity contribution in [2.24, 2.45) is 11.8 Å². The van der Waals surface area contributed by atoms with E-state index in [-0.39, 0.29) is 61.4 Å². The number of aromatic nitrogens is 1. The van der Waals surface area contributed by atoms with Gasteiger partial charge < -0.3 is 15.0 Å². The number of methoxy groups -OCH3 is 1. The number of nitrogens with one attached hydrogen (secondary N) is 1. The van der Waals surface area contributed by atoms with Crippen molar-refractivity contribution >= 4 is 17.5 Å². The van der Waals surface area contributed by atoms with E-state index in [1.165, 1.54) is 13.3 Å². The number of carbonyl (C=O) groups excluding carboxylic acids is 2. The third-order valence-electron chi connectivity index (χ3n) is 6.41. The second-order valence-electron chi connectivity index (χ2n) is 8.09. The van der Waals surface area contributed by atoms with Gasteiger partial charge in [0.15, 0.2) is 0 Å². The molecule has 28 heavy (non-hydrogen) atoms. The van der Waals surface area contributed by atoms with Crippen LogP contribution in [0.3, 0.4) is 0 Å². The van der Waals surface area contributed by atoms with Crippen molar-refractivity contribution in [3.8, 4) is 5.88 Å². The summed E-state index contributed by atoms with van der Waals surface area (Å²) in [6.07, 6.45) is 3.86. The van der Waals surface area contributed by atoms with E-state index in [2.05, 4.69) is 10.3 Å². The van der Waals surface area contributed by atoms with Gasteiger partial charge in [0.25, 0.3) is 0 Å². The maximum atomic E-state index is 13.4. The minimum absolute atomic E-state index is 0.0376. The lowest BCUT2D eigenvalue weighted by Gasteiger charge is -2.32. The molecule has 3 atom stereocenters. The molecular formula is C20H25F2N3O3. The largest absolute Gasteiger partial charge is 0.481 e. The number of anilines is 1. The van der Waals surface area contributed by atoms with Crippen molar-refractivity contribution < 1.29 is 23.1 Å². The number of alkyl halides is 2. The molecule has 1 aromatic rings. The summed E-state index contributed by atoms with van der Waals surface area (Å²) in [6.45, 7) is 0. The van der Waals surface area contributed by atoms with E-state index < -0.39 is 5.92 Å². The van der Waals surface area contributed by atoms with E-state index in [0.717, 1.165) is 12.8 Å². The summed E-state index contributed by atoms with van der Waals surface area (Å²) in [5.74, 6) is -2.94. The molecule has 0 radical (unpaired) electrons. The number of pyridine rings is 1. The number of carbonyl (C=O) groups is 2. The summed E-state index contributed by atoms with van der Waals surface area (Å²) in [6, 6.07) is 3.31. The first-order chi connectivity index (χ1) is 13.4. The second-order valence-corrected chi connectivity index (χ2v) is 8.09. The molecule has 2 bridgehead atoms. The molecule has 152 valence electrons. The first kappa shape index (κ1) is 19.1. The molecule has 1 aliphatic carbocycles. The van der Waals surface area contributed by atoms with Crippen LogP contribution < -0.4 is 10.1 Å². The Labute approximate surface area is 162 Å². The highest BCUT2D eigenvalue weighted by molar-refractivity contribution is 5.94. The van der Waals surface area contributed by atoms with Gasteiger partial charge in [-0.25, -0.2) is 13.8 Å². The highest BCUT2D eigenvalue weighted by Crippen LogP contribution is 2.45. The van der Waals surface area contributed by atoms with Gasteiger partial charge in [0.1, 0.15) is 0 Å². The maximum Gasteiger partial charge on any atom is 0.248 e. The molecule has 2 saturated heterocycles. The smallest absolute Gasteiger partial charge is 0.248 e. The highest BCUT2D eigenvalue weighted by Gasteiger charge is 2.52. The highest BCUT2D eigenvalue weighted by atomic mass is 19.3. The monoisotopic (exact) mass is 393 g/mol. The van der Waals surface area contributed by atoms with Gasteiger partial charge in [-0.2, -0.15) is 0 Å². The number of hydrogen-bond donors (Lipinski definition) is 1. The van der Waals surface area contributed by atoms with Crippen LogP contribution in [0, 0.1) is 11.8 Å². The van der Waals surface area contributed by atoms with E-state index >= 15 is 0 Å². The topological polar surface area (TPSA) is 71.5 Å². The molecule has 2 aliphatic heterocycles. The van der Waals surface area contributed by atoms with Crippen LogP contribution in [0.15, 0.2) is 18.3 Å². The molecule has 1 N–H and O–H groups in total. The molecule has 3 unspecified atom stereocenters. The average Bonchev–Trinajstić information content (AvgIpc) is 3.26. The summed E-state index contributed by atoms with van der Waals surface area (Å²) in [5, 5.41) is 2.88. The molecule has 3 aliphatic rings. The van der Waals surface area contributed by atoms with Crippen LogP contribution in [0.1, 0.15) is 44.9 Å². The minimum atomic E-state index is -2.64. The Kier molecular flexibility index (Phi) is 4.97. The fraction of sp³-hybridized carbons (Fsp3) is 0.650. The lowest BCUT2D eigenvalue weighted by atomic mass is 9.85. The zero-order valence-electron chi connectivity index (χ0n) is 15.9. The molecule has 6 nitrogen and oxygen atoms in total. The molecule has 8 heteroatoms. The van der Waals surface area contributed by atoms with Gasteiger partial charge in [0.2, 0.25) is 23.6 Å². The number of nitrogens with zero attached hydrogens (tertiary/aromatic N) is 2. The Morgan fingerprint density at radius 3 is 2.61 bits per heavy atom. The van der Waals surface area contributed by atoms with Crippen LogP contribution in [0.2, 0.25) is 0 Å². The number of fused-ring (bicyclic) bond motifs is 2. The Morgan fingerprint density at radius 1 is 1.21 bits per heavy atom. The fourth-order valence-electron chi connectivity index (χ4n) is 4.92. The SMILES string of the molecule is COc1ccc(NC(=O)C2CC3CCC2N3C(=O)C2CCC(F)(F)CC2)cn1. The van der Waals surface area contributed by atoms with Gasteiger partial charge in [-0.3, -0.25) is 9.59 Å². The minimum Gasteiger partial charge on any atom is -0.481 e. The number of ether oxygens (including phenoxy) is 1. The molecule has 2 amide bonds.